The Morgan fingerprint density at radius 1 is 1.43 bits per heavy atom. The van der Waals surface area contributed by atoms with Gasteiger partial charge < -0.3 is 15.2 Å². The van der Waals surface area contributed by atoms with Crippen molar-refractivity contribution in [2.75, 3.05) is 12.5 Å². The predicted molar refractivity (Wildman–Crippen MR) is 51.0 cm³/mol. The summed E-state index contributed by atoms with van der Waals surface area (Å²) in [6.07, 6.45) is -2.16. The zero-order chi connectivity index (χ0) is 11.1. The number of carbonyl (C=O) groups excluding carboxylic acids is 2. The summed E-state index contributed by atoms with van der Waals surface area (Å²) in [7, 11) is 0. The lowest BCUT2D eigenvalue weighted by Gasteiger charge is -2.13. The van der Waals surface area contributed by atoms with Gasteiger partial charge >= 0.3 is 12.1 Å². The number of hydrogen-bond donors (Lipinski definition) is 1. The second-order valence-corrected chi connectivity index (χ2v) is 3.41. The number of alkyl halides is 1. The lowest BCUT2D eigenvalue weighted by atomic mass is 10.2. The molecule has 0 fully saturated rings. The summed E-state index contributed by atoms with van der Waals surface area (Å²) in [6.45, 7) is 4.03. The van der Waals surface area contributed by atoms with Gasteiger partial charge in [0.1, 0.15) is 0 Å². The first-order chi connectivity index (χ1) is 6.47. The molecule has 1 unspecified atom stereocenters. The molecule has 6 heteroatoms. The van der Waals surface area contributed by atoms with E-state index in [-0.39, 0.29) is 18.4 Å². The van der Waals surface area contributed by atoms with Gasteiger partial charge in [-0.05, 0) is 5.92 Å². The highest BCUT2D eigenvalue weighted by atomic mass is 35.5. The van der Waals surface area contributed by atoms with Crippen LogP contribution in [0.1, 0.15) is 13.8 Å². The molecule has 0 aromatic carbocycles. The van der Waals surface area contributed by atoms with E-state index in [1.54, 1.807) is 0 Å². The summed E-state index contributed by atoms with van der Waals surface area (Å²) in [4.78, 5) is 21.5. The molecule has 1 atom stereocenters. The van der Waals surface area contributed by atoms with E-state index >= 15 is 0 Å². The number of halogens is 1. The number of esters is 1. The lowest BCUT2D eigenvalue weighted by Crippen LogP contribution is -2.33. The molecule has 0 aromatic heterocycles. The quantitative estimate of drug-likeness (QED) is 0.555. The Morgan fingerprint density at radius 3 is 2.36 bits per heavy atom. The highest BCUT2D eigenvalue weighted by molar-refractivity contribution is 6.19. The Bertz CT molecular complexity index is 208. The molecular weight excluding hydrogens is 210 g/mol. The maximum Gasteiger partial charge on any atom is 0.405 e. The molecule has 0 aliphatic carbocycles. The van der Waals surface area contributed by atoms with Gasteiger partial charge in [-0.2, -0.15) is 0 Å². The standard InChI is InChI=1S/C8H14ClNO4/c1-5(2)4-13-7(11)6(3-9)14-8(10)12/h5-6H,3-4H2,1-2H3,(H2,10,12). The van der Waals surface area contributed by atoms with Crippen LogP contribution >= 0.6 is 11.6 Å². The fraction of sp³-hybridized carbons (Fsp3) is 0.750. The summed E-state index contributed by atoms with van der Waals surface area (Å²) < 4.78 is 9.23. The van der Waals surface area contributed by atoms with Crippen LogP contribution in [0.15, 0.2) is 0 Å². The number of hydrogen-bond acceptors (Lipinski definition) is 4. The van der Waals surface area contributed by atoms with Crippen molar-refractivity contribution in [1.29, 1.82) is 0 Å². The first-order valence-electron chi connectivity index (χ1n) is 4.16. The van der Waals surface area contributed by atoms with Crippen molar-refractivity contribution in [3.63, 3.8) is 0 Å². The van der Waals surface area contributed by atoms with Crippen LogP contribution in [-0.2, 0) is 14.3 Å². The molecule has 82 valence electrons. The average Bonchev–Trinajstić information content (AvgIpc) is 2.09. The van der Waals surface area contributed by atoms with Crippen molar-refractivity contribution in [2.45, 2.75) is 20.0 Å². The lowest BCUT2D eigenvalue weighted by molar-refractivity contribution is -0.153. The van der Waals surface area contributed by atoms with Crippen molar-refractivity contribution in [1.82, 2.24) is 0 Å². The molecule has 0 aromatic rings. The molecule has 0 rings (SSSR count). The van der Waals surface area contributed by atoms with E-state index < -0.39 is 18.2 Å². The van der Waals surface area contributed by atoms with E-state index in [0.29, 0.717) is 0 Å². The Kier molecular flexibility index (Phi) is 6.03. The van der Waals surface area contributed by atoms with Crippen LogP contribution in [0.2, 0.25) is 0 Å². The summed E-state index contributed by atoms with van der Waals surface area (Å²) >= 11 is 5.39. The number of amides is 1. The van der Waals surface area contributed by atoms with Gasteiger partial charge in [0.25, 0.3) is 0 Å². The predicted octanol–water partition coefficient (Wildman–Crippen LogP) is 0.888. The SMILES string of the molecule is CC(C)COC(=O)C(CCl)OC(N)=O. The van der Waals surface area contributed by atoms with Crippen LogP contribution < -0.4 is 5.73 Å². The highest BCUT2D eigenvalue weighted by Gasteiger charge is 2.22. The minimum absolute atomic E-state index is 0.167. The number of primary amides is 1. The number of ether oxygens (including phenoxy) is 2. The molecule has 2 N–H and O–H groups in total. The van der Waals surface area contributed by atoms with Gasteiger partial charge in [0.15, 0.2) is 0 Å². The first-order valence-corrected chi connectivity index (χ1v) is 4.69. The number of carbonyl (C=O) groups is 2. The van der Waals surface area contributed by atoms with E-state index in [0.717, 1.165) is 0 Å². The number of nitrogens with two attached hydrogens (primary N) is 1. The first kappa shape index (κ1) is 13.0. The molecule has 0 heterocycles. The third-order valence-electron chi connectivity index (χ3n) is 1.22. The number of rotatable bonds is 5. The molecule has 0 spiro atoms. The van der Waals surface area contributed by atoms with Crippen molar-refractivity contribution in [3.8, 4) is 0 Å². The van der Waals surface area contributed by atoms with Crippen molar-refractivity contribution in [3.05, 3.63) is 0 Å². The largest absolute Gasteiger partial charge is 0.463 e. The minimum atomic E-state index is -1.12. The van der Waals surface area contributed by atoms with Crippen LogP contribution in [0.25, 0.3) is 0 Å². The molecule has 0 aliphatic heterocycles. The zero-order valence-electron chi connectivity index (χ0n) is 8.16. The van der Waals surface area contributed by atoms with Crippen LogP contribution in [0, 0.1) is 5.92 Å². The molecule has 5 nitrogen and oxygen atoms in total. The molecule has 1 amide bonds. The fourth-order valence-electron chi connectivity index (χ4n) is 0.625. The topological polar surface area (TPSA) is 78.6 Å². The van der Waals surface area contributed by atoms with E-state index in [4.69, 9.17) is 22.1 Å². The summed E-state index contributed by atoms with van der Waals surface area (Å²) in [5.41, 5.74) is 4.74. The Balaban J connectivity index is 3.98. The van der Waals surface area contributed by atoms with Gasteiger partial charge in [-0.15, -0.1) is 11.6 Å². The maximum atomic E-state index is 11.2. The van der Waals surface area contributed by atoms with Crippen molar-refractivity contribution in [2.24, 2.45) is 11.7 Å². The van der Waals surface area contributed by atoms with Crippen LogP contribution in [0.4, 0.5) is 4.79 Å². The van der Waals surface area contributed by atoms with Gasteiger partial charge in [-0.3, -0.25) is 0 Å². The Hall–Kier alpha value is -0.970. The van der Waals surface area contributed by atoms with E-state index in [1.807, 2.05) is 13.8 Å². The van der Waals surface area contributed by atoms with Crippen molar-refractivity contribution >= 4 is 23.7 Å². The van der Waals surface area contributed by atoms with Gasteiger partial charge in [-0.1, -0.05) is 13.8 Å². The van der Waals surface area contributed by atoms with E-state index in [2.05, 4.69) is 4.74 Å². The summed E-state index contributed by atoms with van der Waals surface area (Å²) in [5, 5.41) is 0. The van der Waals surface area contributed by atoms with Crippen LogP contribution in [-0.4, -0.2) is 30.7 Å². The molecule has 0 radical (unpaired) electrons. The smallest absolute Gasteiger partial charge is 0.405 e. The Morgan fingerprint density at radius 2 is 2.00 bits per heavy atom. The molecular formula is C8H14ClNO4. The van der Waals surface area contributed by atoms with Gasteiger partial charge in [-0.25, -0.2) is 9.59 Å². The monoisotopic (exact) mass is 223 g/mol. The van der Waals surface area contributed by atoms with Gasteiger partial charge in [0, 0.05) is 0 Å². The molecule has 0 aliphatic rings. The van der Waals surface area contributed by atoms with E-state index in [1.165, 1.54) is 0 Å². The third-order valence-corrected chi connectivity index (χ3v) is 1.50. The normalized spacial score (nSPS) is 12.3. The second-order valence-electron chi connectivity index (χ2n) is 3.10. The van der Waals surface area contributed by atoms with Crippen LogP contribution in [0.5, 0.6) is 0 Å². The average molecular weight is 224 g/mol. The summed E-state index contributed by atoms with van der Waals surface area (Å²) in [5.74, 6) is -0.629. The fourth-order valence-corrected chi connectivity index (χ4v) is 0.814. The van der Waals surface area contributed by atoms with Crippen LogP contribution in [0.3, 0.4) is 0 Å². The second kappa shape index (κ2) is 6.48. The maximum absolute atomic E-state index is 11.2. The van der Waals surface area contributed by atoms with E-state index in [9.17, 15) is 9.59 Å². The molecule has 0 saturated carbocycles. The Labute approximate surface area is 87.5 Å². The summed E-state index contributed by atoms with van der Waals surface area (Å²) in [6, 6.07) is 0. The van der Waals surface area contributed by atoms with Crippen molar-refractivity contribution < 1.29 is 19.1 Å². The highest BCUT2D eigenvalue weighted by Crippen LogP contribution is 2.01. The zero-order valence-corrected chi connectivity index (χ0v) is 8.91. The minimum Gasteiger partial charge on any atom is -0.463 e. The van der Waals surface area contributed by atoms with Gasteiger partial charge in [0.05, 0.1) is 12.5 Å². The molecule has 0 saturated heterocycles. The molecule has 0 bridgehead atoms. The third kappa shape index (κ3) is 5.64. The molecule has 14 heavy (non-hydrogen) atoms. The van der Waals surface area contributed by atoms with Gasteiger partial charge in [0.2, 0.25) is 6.10 Å².